The van der Waals surface area contributed by atoms with Gasteiger partial charge in [-0.25, -0.2) is 0 Å². The predicted molar refractivity (Wildman–Crippen MR) is 182 cm³/mol. The van der Waals surface area contributed by atoms with Crippen molar-refractivity contribution in [3.05, 3.63) is 93.6 Å². The van der Waals surface area contributed by atoms with E-state index < -0.39 is 94.3 Å². The molecular formula is C37H34O16. The van der Waals surface area contributed by atoms with Gasteiger partial charge in [-0.05, 0) is 35.9 Å². The first-order valence-corrected chi connectivity index (χ1v) is 16.0. The normalized spacial score (nSPS) is 20.6. The van der Waals surface area contributed by atoms with E-state index in [1.165, 1.54) is 37.3 Å². The lowest BCUT2D eigenvalue weighted by Crippen LogP contribution is -2.60. The number of phenols is 6. The first-order chi connectivity index (χ1) is 25.2. The summed E-state index contributed by atoms with van der Waals surface area (Å²) in [5.41, 5.74) is -1.24. The number of hydrogen-bond acceptors (Lipinski definition) is 16. The van der Waals surface area contributed by atoms with Crippen LogP contribution in [-0.4, -0.2) is 94.2 Å². The number of aromatic hydroxyl groups is 6. The average molecular weight is 735 g/mol. The van der Waals surface area contributed by atoms with E-state index in [0.29, 0.717) is 5.56 Å². The van der Waals surface area contributed by atoms with Crippen molar-refractivity contribution in [3.8, 4) is 57.3 Å². The van der Waals surface area contributed by atoms with Crippen LogP contribution >= 0.6 is 0 Å². The first kappa shape index (κ1) is 36.7. The lowest BCUT2D eigenvalue weighted by molar-refractivity contribution is -0.277. The van der Waals surface area contributed by atoms with Gasteiger partial charge in [-0.2, -0.15) is 0 Å². The highest BCUT2D eigenvalue weighted by molar-refractivity contribution is 6.07. The highest BCUT2D eigenvalue weighted by Gasteiger charge is 2.45. The second kappa shape index (κ2) is 14.5. The number of carbonyl (C=O) groups is 1. The van der Waals surface area contributed by atoms with Gasteiger partial charge in [0.2, 0.25) is 6.29 Å². The quantitative estimate of drug-likeness (QED) is 0.0729. The summed E-state index contributed by atoms with van der Waals surface area (Å²) in [7, 11) is 0. The monoisotopic (exact) mass is 734 g/mol. The molecule has 1 saturated heterocycles. The first-order valence-electron chi connectivity index (χ1n) is 16.0. The van der Waals surface area contributed by atoms with Gasteiger partial charge >= 0.3 is 0 Å². The van der Waals surface area contributed by atoms with E-state index in [-0.39, 0.29) is 46.1 Å². The molecule has 4 aromatic carbocycles. The Balaban J connectivity index is 1.43. The third-order valence-electron chi connectivity index (χ3n) is 8.82. The Morgan fingerprint density at radius 1 is 0.792 bits per heavy atom. The molecule has 1 aliphatic heterocycles. The molecule has 0 spiro atoms. The van der Waals surface area contributed by atoms with Gasteiger partial charge in [0.15, 0.2) is 22.7 Å². The lowest BCUT2D eigenvalue weighted by atomic mass is 9.89. The maximum atomic E-state index is 14.3. The van der Waals surface area contributed by atoms with Crippen LogP contribution in [0.3, 0.4) is 0 Å². The van der Waals surface area contributed by atoms with E-state index in [2.05, 4.69) is 0 Å². The van der Waals surface area contributed by atoms with Crippen LogP contribution < -0.4 is 14.9 Å². The zero-order valence-corrected chi connectivity index (χ0v) is 27.7. The average Bonchev–Trinajstić information content (AvgIpc) is 3.11. The molecule has 53 heavy (non-hydrogen) atoms. The third-order valence-corrected chi connectivity index (χ3v) is 8.82. The Kier molecular flexibility index (Phi) is 10.1. The van der Waals surface area contributed by atoms with Gasteiger partial charge in [0, 0.05) is 35.4 Å². The Morgan fingerprint density at radius 3 is 2.19 bits per heavy atom. The number of ketones is 1. The van der Waals surface area contributed by atoms with Gasteiger partial charge in [0.05, 0.1) is 12.5 Å². The molecule has 5 aromatic rings. The molecule has 278 valence electrons. The van der Waals surface area contributed by atoms with Crippen LogP contribution in [0.5, 0.6) is 46.0 Å². The standard InChI is InChI=1S/C37H34O16/c1-15(29-23(43)11-24(44)30-25(45)12-26(52-36(29)30)17-4-7-20(40)21(41)8-17)32(46)31-22(42)9-19(10-27(31)50-14-16-2-5-18(39)6-3-16)51-37-35(49)34(48)33(47)28(13-38)53-37/h2-12,15,28,33-35,37-44,47-49H,13-14H2,1H3. The van der Waals surface area contributed by atoms with Crippen LogP contribution in [-0.2, 0) is 11.3 Å². The van der Waals surface area contributed by atoms with Crippen LogP contribution in [0.2, 0.25) is 0 Å². The van der Waals surface area contributed by atoms with Crippen molar-refractivity contribution in [3.63, 3.8) is 0 Å². The highest BCUT2D eigenvalue weighted by Crippen LogP contribution is 2.44. The fourth-order valence-corrected chi connectivity index (χ4v) is 5.96. The fourth-order valence-electron chi connectivity index (χ4n) is 5.96. The van der Waals surface area contributed by atoms with Gasteiger partial charge in [0.25, 0.3) is 0 Å². The van der Waals surface area contributed by atoms with E-state index >= 15 is 0 Å². The molecule has 1 aromatic heterocycles. The van der Waals surface area contributed by atoms with Gasteiger partial charge in [-0.3, -0.25) is 9.59 Å². The van der Waals surface area contributed by atoms with E-state index in [9.17, 15) is 60.7 Å². The molecule has 16 heteroatoms. The minimum Gasteiger partial charge on any atom is -0.508 e. The molecule has 1 fully saturated rings. The van der Waals surface area contributed by atoms with E-state index in [4.69, 9.17) is 18.6 Å². The molecule has 6 atom stereocenters. The number of hydrogen-bond donors (Lipinski definition) is 10. The highest BCUT2D eigenvalue weighted by atomic mass is 16.7. The van der Waals surface area contributed by atoms with Gasteiger partial charge < -0.3 is 69.7 Å². The van der Waals surface area contributed by atoms with E-state index in [1.807, 2.05) is 0 Å². The van der Waals surface area contributed by atoms with E-state index in [1.54, 1.807) is 0 Å². The summed E-state index contributed by atoms with van der Waals surface area (Å²) < 4.78 is 23.0. The Hall–Kier alpha value is -6.04. The zero-order chi connectivity index (χ0) is 38.3. The third kappa shape index (κ3) is 7.09. The van der Waals surface area contributed by atoms with Crippen LogP contribution in [0, 0.1) is 0 Å². The summed E-state index contributed by atoms with van der Waals surface area (Å²) in [5, 5.41) is 102. The largest absolute Gasteiger partial charge is 0.508 e. The second-order valence-corrected chi connectivity index (χ2v) is 12.4. The number of fused-ring (bicyclic) bond motifs is 1. The maximum Gasteiger partial charge on any atom is 0.229 e. The van der Waals surface area contributed by atoms with Crippen molar-refractivity contribution >= 4 is 16.8 Å². The van der Waals surface area contributed by atoms with Crippen LogP contribution in [0.1, 0.15) is 34.3 Å². The second-order valence-electron chi connectivity index (χ2n) is 12.4. The molecule has 0 saturated carbocycles. The zero-order valence-electron chi connectivity index (χ0n) is 27.7. The smallest absolute Gasteiger partial charge is 0.229 e. The van der Waals surface area contributed by atoms with Gasteiger partial charge in [-0.15, -0.1) is 0 Å². The van der Waals surface area contributed by atoms with Crippen molar-refractivity contribution < 1.29 is 74.5 Å². The SMILES string of the molecule is CC(C(=O)c1c(O)cc(OC2OC(CO)C(O)C(O)C2O)cc1OCc1ccc(O)cc1)c1c(O)cc(O)c2c(=O)cc(-c3ccc(O)c(O)c3)oc12. The van der Waals surface area contributed by atoms with Crippen LogP contribution in [0.4, 0.5) is 0 Å². The maximum absolute atomic E-state index is 14.3. The number of rotatable bonds is 10. The topological polar surface area (TPSA) is 277 Å². The van der Waals surface area contributed by atoms with Crippen molar-refractivity contribution in [2.75, 3.05) is 6.61 Å². The number of benzene rings is 4. The van der Waals surface area contributed by atoms with Gasteiger partial charge in [0.1, 0.15) is 87.8 Å². The molecule has 10 N–H and O–H groups in total. The Bertz CT molecular complexity index is 2230. The molecule has 1 aliphatic rings. The molecular weight excluding hydrogens is 700 g/mol. The van der Waals surface area contributed by atoms with Crippen LogP contribution in [0.25, 0.3) is 22.3 Å². The summed E-state index contributed by atoms with van der Waals surface area (Å²) in [6.45, 7) is 0.373. The molecule has 0 amide bonds. The molecule has 0 aliphatic carbocycles. The molecule has 6 rings (SSSR count). The fraction of sp³-hybridized carbons (Fsp3) is 0.243. The number of Topliss-reactive ketones (excluding diaryl/α,β-unsaturated/α-hetero) is 1. The summed E-state index contributed by atoms with van der Waals surface area (Å²) in [5.74, 6) is -6.05. The number of ether oxygens (including phenoxy) is 3. The Morgan fingerprint density at radius 2 is 1.51 bits per heavy atom. The molecule has 0 radical (unpaired) electrons. The molecule has 2 heterocycles. The number of carbonyl (C=O) groups excluding carboxylic acids is 1. The summed E-state index contributed by atoms with van der Waals surface area (Å²) in [6.07, 6.45) is -8.24. The summed E-state index contributed by atoms with van der Waals surface area (Å²) in [4.78, 5) is 27.6. The van der Waals surface area contributed by atoms with Crippen LogP contribution in [0.15, 0.2) is 75.9 Å². The summed E-state index contributed by atoms with van der Waals surface area (Å²) >= 11 is 0. The molecule has 0 bridgehead atoms. The number of phenolic OH excluding ortho intramolecular Hbond substituents is 6. The van der Waals surface area contributed by atoms with Crippen molar-refractivity contribution in [2.45, 2.75) is 50.2 Å². The predicted octanol–water partition coefficient (Wildman–Crippen LogP) is 2.44. The van der Waals surface area contributed by atoms with Crippen molar-refractivity contribution in [1.29, 1.82) is 0 Å². The molecule has 16 nitrogen and oxygen atoms in total. The number of aliphatic hydroxyl groups excluding tert-OH is 4. The lowest BCUT2D eigenvalue weighted by Gasteiger charge is -2.39. The summed E-state index contributed by atoms with van der Waals surface area (Å²) in [6, 6.07) is 13.4. The Labute approximate surface area is 298 Å². The number of aliphatic hydroxyl groups is 4. The minimum atomic E-state index is -1.81. The minimum absolute atomic E-state index is 0.0241. The molecule has 6 unspecified atom stereocenters. The van der Waals surface area contributed by atoms with Gasteiger partial charge in [-0.1, -0.05) is 19.1 Å². The van der Waals surface area contributed by atoms with Crippen molar-refractivity contribution in [1.82, 2.24) is 0 Å². The van der Waals surface area contributed by atoms with E-state index in [0.717, 1.165) is 36.4 Å². The van der Waals surface area contributed by atoms with Crippen molar-refractivity contribution in [2.24, 2.45) is 0 Å².